The lowest BCUT2D eigenvalue weighted by molar-refractivity contribution is -0.121. The maximum atomic E-state index is 12.9. The number of nitrogens with zero attached hydrogens (tertiary/aromatic N) is 4. The molecule has 0 saturated carbocycles. The smallest absolute Gasteiger partial charge is 0.231 e. The van der Waals surface area contributed by atoms with E-state index in [1.807, 2.05) is 17.0 Å². The number of rotatable bonds is 2. The first kappa shape index (κ1) is 13.2. The molecule has 4 rings (SSSR count). The minimum atomic E-state index is 0.0492. The molecular formula is C17H18N4O. The average Bonchev–Trinajstić information content (AvgIpc) is 3.22. The van der Waals surface area contributed by atoms with Gasteiger partial charge in [0.1, 0.15) is 5.82 Å². The number of para-hydroxylation sites is 1. The fourth-order valence-electron chi connectivity index (χ4n) is 3.41. The SMILES string of the molecule is O=C(C1CCN(c2cnccn2)C1)N1CCc2ccccc21. The summed E-state index contributed by atoms with van der Waals surface area (Å²) < 4.78 is 0. The molecular weight excluding hydrogens is 276 g/mol. The van der Waals surface area contributed by atoms with Gasteiger partial charge in [-0.1, -0.05) is 18.2 Å². The molecule has 1 aromatic heterocycles. The summed E-state index contributed by atoms with van der Waals surface area (Å²) in [7, 11) is 0. The van der Waals surface area contributed by atoms with Crippen LogP contribution in [-0.2, 0) is 11.2 Å². The number of anilines is 2. The normalized spacial score (nSPS) is 20.3. The number of carbonyl (C=O) groups excluding carboxylic acids is 1. The van der Waals surface area contributed by atoms with E-state index >= 15 is 0 Å². The summed E-state index contributed by atoms with van der Waals surface area (Å²) in [6.07, 6.45) is 6.97. The van der Waals surface area contributed by atoms with Gasteiger partial charge >= 0.3 is 0 Å². The van der Waals surface area contributed by atoms with Gasteiger partial charge in [-0.3, -0.25) is 9.78 Å². The Bertz CT molecular complexity index is 688. The molecule has 0 radical (unpaired) electrons. The third kappa shape index (κ3) is 2.22. The van der Waals surface area contributed by atoms with Gasteiger partial charge in [0.15, 0.2) is 0 Å². The second-order valence-corrected chi connectivity index (χ2v) is 5.86. The lowest BCUT2D eigenvalue weighted by Crippen LogP contribution is -2.36. The zero-order valence-electron chi connectivity index (χ0n) is 12.4. The number of carbonyl (C=O) groups is 1. The molecule has 2 aliphatic heterocycles. The van der Waals surface area contributed by atoms with Crippen molar-refractivity contribution in [3.05, 3.63) is 48.4 Å². The third-order valence-electron chi connectivity index (χ3n) is 4.56. The van der Waals surface area contributed by atoms with Gasteiger partial charge in [-0.05, 0) is 24.5 Å². The zero-order valence-corrected chi connectivity index (χ0v) is 12.4. The highest BCUT2D eigenvalue weighted by atomic mass is 16.2. The van der Waals surface area contributed by atoms with Crippen molar-refractivity contribution in [1.29, 1.82) is 0 Å². The number of hydrogen-bond donors (Lipinski definition) is 0. The Morgan fingerprint density at radius 3 is 2.95 bits per heavy atom. The largest absolute Gasteiger partial charge is 0.355 e. The number of amides is 1. The standard InChI is InChI=1S/C17H18N4O/c22-17(21-10-6-13-3-1-2-4-15(13)21)14-5-9-20(12-14)16-11-18-7-8-19-16/h1-4,7-8,11,14H,5-6,9-10,12H2. The quantitative estimate of drug-likeness (QED) is 0.849. The fourth-order valence-corrected chi connectivity index (χ4v) is 3.41. The van der Waals surface area contributed by atoms with Crippen LogP contribution in [0.1, 0.15) is 12.0 Å². The number of aromatic nitrogens is 2. The molecule has 3 heterocycles. The average molecular weight is 294 g/mol. The van der Waals surface area contributed by atoms with Crippen molar-refractivity contribution in [2.24, 2.45) is 5.92 Å². The van der Waals surface area contributed by atoms with Crippen LogP contribution in [0.3, 0.4) is 0 Å². The van der Waals surface area contributed by atoms with Gasteiger partial charge in [0.25, 0.3) is 0 Å². The van der Waals surface area contributed by atoms with E-state index in [0.717, 1.165) is 44.0 Å². The highest BCUT2D eigenvalue weighted by Gasteiger charge is 2.34. The first-order valence-corrected chi connectivity index (χ1v) is 7.73. The molecule has 0 bridgehead atoms. The fraction of sp³-hybridized carbons (Fsp3) is 0.353. The number of benzene rings is 1. The molecule has 1 unspecified atom stereocenters. The van der Waals surface area contributed by atoms with Crippen molar-refractivity contribution in [3.8, 4) is 0 Å². The van der Waals surface area contributed by atoms with Crippen LogP contribution in [0, 0.1) is 5.92 Å². The van der Waals surface area contributed by atoms with Crippen molar-refractivity contribution in [2.45, 2.75) is 12.8 Å². The highest BCUT2D eigenvalue weighted by molar-refractivity contribution is 5.97. The van der Waals surface area contributed by atoms with Gasteiger partial charge in [-0.25, -0.2) is 4.98 Å². The molecule has 2 aliphatic rings. The van der Waals surface area contributed by atoms with E-state index in [2.05, 4.69) is 27.0 Å². The summed E-state index contributed by atoms with van der Waals surface area (Å²) in [5.41, 5.74) is 2.37. The van der Waals surface area contributed by atoms with Crippen LogP contribution >= 0.6 is 0 Å². The third-order valence-corrected chi connectivity index (χ3v) is 4.56. The predicted molar refractivity (Wildman–Crippen MR) is 84.9 cm³/mol. The Labute approximate surface area is 129 Å². The van der Waals surface area contributed by atoms with E-state index < -0.39 is 0 Å². The molecule has 1 atom stereocenters. The van der Waals surface area contributed by atoms with Crippen LogP contribution in [0.5, 0.6) is 0 Å². The molecule has 0 spiro atoms. The van der Waals surface area contributed by atoms with Crippen LogP contribution < -0.4 is 9.80 Å². The number of fused-ring (bicyclic) bond motifs is 1. The molecule has 1 aromatic carbocycles. The molecule has 112 valence electrons. The zero-order chi connectivity index (χ0) is 14.9. The summed E-state index contributed by atoms with van der Waals surface area (Å²) in [5.74, 6) is 1.16. The molecule has 1 saturated heterocycles. The summed E-state index contributed by atoms with van der Waals surface area (Å²) in [5, 5.41) is 0. The minimum Gasteiger partial charge on any atom is -0.355 e. The molecule has 1 amide bonds. The van der Waals surface area contributed by atoms with Crippen molar-refractivity contribution in [1.82, 2.24) is 9.97 Å². The minimum absolute atomic E-state index is 0.0492. The van der Waals surface area contributed by atoms with E-state index in [1.54, 1.807) is 18.6 Å². The Morgan fingerprint density at radius 1 is 1.18 bits per heavy atom. The first-order valence-electron chi connectivity index (χ1n) is 7.73. The van der Waals surface area contributed by atoms with Gasteiger partial charge in [0.05, 0.1) is 12.1 Å². The summed E-state index contributed by atoms with van der Waals surface area (Å²) in [4.78, 5) is 25.4. The first-order chi connectivity index (χ1) is 10.8. The van der Waals surface area contributed by atoms with Gasteiger partial charge in [-0.2, -0.15) is 0 Å². The molecule has 0 aliphatic carbocycles. The summed E-state index contributed by atoms with van der Waals surface area (Å²) >= 11 is 0. The van der Waals surface area contributed by atoms with Crippen LogP contribution in [-0.4, -0.2) is 35.5 Å². The summed E-state index contributed by atoms with van der Waals surface area (Å²) in [6, 6.07) is 8.21. The Balaban J connectivity index is 1.49. The lowest BCUT2D eigenvalue weighted by Gasteiger charge is -2.22. The highest BCUT2D eigenvalue weighted by Crippen LogP contribution is 2.31. The Kier molecular flexibility index (Phi) is 3.25. The van der Waals surface area contributed by atoms with E-state index in [-0.39, 0.29) is 11.8 Å². The molecule has 5 nitrogen and oxygen atoms in total. The summed E-state index contributed by atoms with van der Waals surface area (Å²) in [6.45, 7) is 2.40. The van der Waals surface area contributed by atoms with Gasteiger partial charge < -0.3 is 9.80 Å². The van der Waals surface area contributed by atoms with E-state index in [4.69, 9.17) is 0 Å². The van der Waals surface area contributed by atoms with E-state index in [0.29, 0.717) is 0 Å². The van der Waals surface area contributed by atoms with Gasteiger partial charge in [0.2, 0.25) is 5.91 Å². The van der Waals surface area contributed by atoms with Crippen molar-refractivity contribution < 1.29 is 4.79 Å². The lowest BCUT2D eigenvalue weighted by atomic mass is 10.1. The van der Waals surface area contributed by atoms with Crippen molar-refractivity contribution >= 4 is 17.4 Å². The molecule has 5 heteroatoms. The molecule has 0 N–H and O–H groups in total. The number of hydrogen-bond acceptors (Lipinski definition) is 4. The molecule has 22 heavy (non-hydrogen) atoms. The van der Waals surface area contributed by atoms with Crippen LogP contribution in [0.4, 0.5) is 11.5 Å². The predicted octanol–water partition coefficient (Wildman–Crippen LogP) is 1.89. The van der Waals surface area contributed by atoms with Crippen LogP contribution in [0.15, 0.2) is 42.9 Å². The maximum absolute atomic E-state index is 12.9. The van der Waals surface area contributed by atoms with Gasteiger partial charge in [-0.15, -0.1) is 0 Å². The second kappa shape index (κ2) is 5.40. The van der Waals surface area contributed by atoms with E-state index in [9.17, 15) is 4.79 Å². The van der Waals surface area contributed by atoms with Crippen molar-refractivity contribution in [2.75, 3.05) is 29.4 Å². The second-order valence-electron chi connectivity index (χ2n) is 5.86. The topological polar surface area (TPSA) is 49.3 Å². The monoisotopic (exact) mass is 294 g/mol. The van der Waals surface area contributed by atoms with Crippen LogP contribution in [0.25, 0.3) is 0 Å². The van der Waals surface area contributed by atoms with Crippen molar-refractivity contribution in [3.63, 3.8) is 0 Å². The Hall–Kier alpha value is -2.43. The van der Waals surface area contributed by atoms with E-state index in [1.165, 1.54) is 5.56 Å². The molecule has 2 aromatic rings. The van der Waals surface area contributed by atoms with Crippen LogP contribution in [0.2, 0.25) is 0 Å². The maximum Gasteiger partial charge on any atom is 0.231 e. The van der Waals surface area contributed by atoms with Gasteiger partial charge in [0, 0.05) is 37.7 Å². The molecule has 1 fully saturated rings. The Morgan fingerprint density at radius 2 is 2.09 bits per heavy atom.